The van der Waals surface area contributed by atoms with Gasteiger partial charge in [-0.05, 0) is 266 Å². The Kier molecular flexibility index (Phi) is 7.35. The quantitative estimate of drug-likeness (QED) is 0.142. The summed E-state index contributed by atoms with van der Waals surface area (Å²) in [6.45, 7) is -35.0. The van der Waals surface area contributed by atoms with E-state index in [0.717, 1.165) is 19.1 Å². The zero-order valence-electron chi connectivity index (χ0n) is 107. The molecule has 0 heteroatoms. The van der Waals surface area contributed by atoms with Crippen molar-refractivity contribution in [1.82, 2.24) is 0 Å². The third-order valence-corrected chi connectivity index (χ3v) is 9.07. The van der Waals surface area contributed by atoms with Gasteiger partial charge in [-0.3, -0.25) is 0 Å². The zero-order chi connectivity index (χ0) is 111. The second-order valence-electron chi connectivity index (χ2n) is 15.0. The predicted molar refractivity (Wildman–Crippen MR) is 330 cm³/mol. The van der Waals surface area contributed by atoms with Crippen LogP contribution >= 0.6 is 0 Å². The van der Waals surface area contributed by atoms with Crippen molar-refractivity contribution in [3.05, 3.63) is 278 Å². The van der Waals surface area contributed by atoms with Crippen LogP contribution in [-0.2, 0) is 0 Å². The number of aryl methyl sites for hydroxylation is 8. The van der Waals surface area contributed by atoms with Crippen LogP contribution in [0.1, 0.15) is 230 Å². The van der Waals surface area contributed by atoms with E-state index in [9.17, 15) is 0 Å². The Labute approximate surface area is 542 Å². The molecule has 0 amide bonds. The molecule has 0 N–H and O–H groups in total. The first-order valence-electron chi connectivity index (χ1n) is 53.9. The molecule has 0 saturated heterocycles. The van der Waals surface area contributed by atoms with Crippen LogP contribution in [0.2, 0.25) is 0 Å². The smallest absolute Gasteiger partial charge is 0.0620 e. The van der Waals surface area contributed by atoms with Crippen LogP contribution < -0.4 is 0 Å². The molecule has 0 saturated carbocycles. The van der Waals surface area contributed by atoms with Crippen molar-refractivity contribution < 1.29 is 90.5 Å². The van der Waals surface area contributed by atoms with Crippen molar-refractivity contribution in [2.24, 2.45) is 0 Å². The van der Waals surface area contributed by atoms with Gasteiger partial charge in [0.05, 0.1) is 20.6 Å². The molecule has 0 aromatic heterocycles. The Bertz CT molecular complexity index is 5210. The first-order valence-corrected chi connectivity index (χ1v) is 20.9. The summed E-state index contributed by atoms with van der Waals surface area (Å²) in [6, 6.07) is 4.00. The monoisotopic (exact) mass is 1040 g/mol. The van der Waals surface area contributed by atoms with Gasteiger partial charge in [-0.25, -0.2) is 0 Å². The van der Waals surface area contributed by atoms with Crippen molar-refractivity contribution in [3.8, 4) is 0 Å². The van der Waals surface area contributed by atoms with Gasteiger partial charge in [-0.2, -0.15) is 0 Å². The molecule has 0 aliphatic carbocycles. The fourth-order valence-electron chi connectivity index (χ4n) is 4.66. The van der Waals surface area contributed by atoms with E-state index in [0.29, 0.717) is 11.1 Å². The topological polar surface area (TPSA) is 0 Å². The van der Waals surface area contributed by atoms with Gasteiger partial charge in [-0.15, -0.1) is 0 Å². The van der Waals surface area contributed by atoms with E-state index < -0.39 is 233 Å². The highest BCUT2D eigenvalue weighted by atomic mass is 14.1. The third kappa shape index (κ3) is 24.4. The Morgan fingerprint density at radius 2 is 0.603 bits per heavy atom. The maximum absolute atomic E-state index is 7.65. The largest absolute Gasteiger partial charge is 0.0628 e. The molecule has 0 fully saturated rings. The highest BCUT2D eigenvalue weighted by Crippen LogP contribution is 2.25. The van der Waals surface area contributed by atoms with Crippen molar-refractivity contribution in [3.63, 3.8) is 0 Å². The third-order valence-electron chi connectivity index (χ3n) is 9.07. The minimum atomic E-state index is -3.37. The lowest BCUT2D eigenvalue weighted by molar-refractivity contribution is 1.13. The molecular weight excluding hydrogens is 877 g/mol. The summed E-state index contributed by atoms with van der Waals surface area (Å²) in [6.07, 6.45) is 0. The Hall–Kier alpha value is -6.24. The van der Waals surface area contributed by atoms with Crippen LogP contribution in [0.15, 0.2) is 139 Å². The van der Waals surface area contributed by atoms with Crippen LogP contribution in [-0.4, -0.2) is 0 Å². The van der Waals surface area contributed by atoms with E-state index >= 15 is 0 Å². The lowest BCUT2D eigenvalue weighted by Gasteiger charge is -2.15. The van der Waals surface area contributed by atoms with Crippen LogP contribution in [0.3, 0.4) is 0 Å². The maximum Gasteiger partial charge on any atom is 0.0628 e. The molecule has 0 nitrogen and oxygen atoms in total. The number of hydrogen-bond acceptors (Lipinski definition) is 0. The van der Waals surface area contributed by atoms with E-state index in [-0.39, 0.29) is 103 Å². The average Bonchev–Trinajstić information content (AvgIpc) is 0.704. The van der Waals surface area contributed by atoms with Gasteiger partial charge in [0.25, 0.3) is 0 Å². The standard InChI is InChI=1S/C12H18.C10H14.3C9H12.3C8H10/c1-7-8(2)10(4)12(6)11(5)9(7)3;1-7-5-8(2)10(4)9(3)6-7;1-7-4-8(2)6-9(3)5-7;2*1-7-5-4-6-8(2)9(7)3;1-7-3-5-8(2)6-4-7;1-7-4-3-5-8(2)6-7;1-7-5-3-4-6-8(7)2/h1-6H3;5-6H,1-4H3;3*4-6H,1-3H3;3*3-6H,1-2H3/i1D3,2D3,3D3,4D3,5D3;1D3,2D3,3D3;1D3,2D3;1D3,2D3,4D,5D,6D;1D3,2D3;3*1D3,3D,4D,5D,6D. The van der Waals surface area contributed by atoms with Crippen LogP contribution in [0.5, 0.6) is 0 Å². The second-order valence-corrected chi connectivity index (χ2v) is 15.0. The van der Waals surface area contributed by atoms with Gasteiger partial charge in [0.15, 0.2) is 0 Å². The molecule has 390 valence electrons. The zero-order valence-corrected chi connectivity index (χ0v) is 41.1. The van der Waals surface area contributed by atoms with Gasteiger partial charge in [0.1, 0.15) is 0 Å². The van der Waals surface area contributed by atoms with Gasteiger partial charge < -0.3 is 0 Å². The van der Waals surface area contributed by atoms with Crippen molar-refractivity contribution in [1.29, 1.82) is 0 Å². The van der Waals surface area contributed by atoms with Gasteiger partial charge in [-0.1, -0.05) is 184 Å². The van der Waals surface area contributed by atoms with E-state index in [1.165, 1.54) is 77.9 Å². The van der Waals surface area contributed by atoms with Crippen molar-refractivity contribution in [2.75, 3.05) is 0 Å². The summed E-state index contributed by atoms with van der Waals surface area (Å²) in [5.41, 5.74) is -7.29. The Balaban J connectivity index is 0.000000801. The molecule has 0 atom stereocenters. The average molecular weight is 1040 g/mol. The molecule has 0 radical (unpaired) electrons. The molecule has 0 heterocycles. The van der Waals surface area contributed by atoms with Crippen molar-refractivity contribution in [2.45, 2.75) is 172 Å². The predicted octanol–water partition coefficient (Wildman–Crippen LogP) is 21.2. The number of hydrogen-bond donors (Lipinski definition) is 0. The molecule has 0 aliphatic rings. The van der Waals surface area contributed by atoms with Gasteiger partial charge >= 0.3 is 0 Å². The molecule has 8 aromatic carbocycles. The van der Waals surface area contributed by atoms with Gasteiger partial charge in [0.2, 0.25) is 0 Å². The highest BCUT2D eigenvalue weighted by Gasteiger charge is 2.08. The summed E-state index contributed by atoms with van der Waals surface area (Å²) in [5, 5.41) is 0. The van der Waals surface area contributed by atoms with E-state index in [2.05, 4.69) is 0 Å². The second kappa shape index (κ2) is 32.8. The van der Waals surface area contributed by atoms with Crippen molar-refractivity contribution >= 4 is 0 Å². The van der Waals surface area contributed by atoms with E-state index in [1.807, 2.05) is 0 Å². The number of benzene rings is 8. The minimum absolute atomic E-state index is 0.0774. The summed E-state index contributed by atoms with van der Waals surface area (Å²) < 4.78 is 488. The molecule has 0 unspecified atom stereocenters. The fraction of sp³-hybridized carbons (Fsp3) is 0.342. The SMILES string of the molecule is [2H]C([2H])([2H])c1c(C)c(C([2H])([2H])[2H])c(C([2H])([2H])[2H])c(C([2H])([2H])[2H])c1C([2H])([2H])[2H].[2H]C([2H])([2H])c1cc(C([2H])([2H])[2H])c(C)c(C([2H])([2H])[2H])c1.[2H]C([2H])([2H])c1cc(C)cc(C([2H])([2H])[2H])c1.[2H]C([2H])([2H])c1cccc(C([2H])([2H])[2H])c1C.[2H]c1c([2H])c(C([2H])([2H])[2H])c(C)c(C([2H])([2H])[2H])c1[2H].[2H]c1c([2H])c(C([2H])([2H])[2H])c([2H])c([2H])c1C.[2H]c1c([2H])c(C)c([2H])c(C([2H])([2H])[2H])c1[2H].[2H]c1c([2H])c([2H])c(C([2H])([2H])[2H])c(C)c1[2H]. The molecule has 0 bridgehead atoms. The minimum Gasteiger partial charge on any atom is -0.0620 e. The molecule has 0 spiro atoms. The highest BCUT2D eigenvalue weighted by molar-refractivity contribution is 5.48. The first-order chi connectivity index (χ1) is 60.9. The van der Waals surface area contributed by atoms with Crippen LogP contribution in [0.25, 0.3) is 0 Å². The Morgan fingerprint density at radius 1 is 0.233 bits per heavy atom. The van der Waals surface area contributed by atoms with E-state index in [1.54, 1.807) is 6.92 Å². The van der Waals surface area contributed by atoms with Gasteiger partial charge in [0, 0.05) is 69.9 Å². The van der Waals surface area contributed by atoms with Crippen LogP contribution in [0, 0.1) is 172 Å². The normalized spacial score (nSPS) is 25.9. The lowest BCUT2D eigenvalue weighted by Crippen LogP contribution is -1.98. The summed E-state index contributed by atoms with van der Waals surface area (Å²) in [5.74, 6) is 0. The molecule has 8 rings (SSSR count). The molecule has 8 aromatic rings. The summed E-state index contributed by atoms with van der Waals surface area (Å²) in [4.78, 5) is 0. The summed E-state index contributed by atoms with van der Waals surface area (Å²) >= 11 is 0. The molecular formula is C73H98. The van der Waals surface area contributed by atoms with E-state index in [4.69, 9.17) is 90.5 Å². The molecule has 0 aliphatic heterocycles. The maximum atomic E-state index is 7.65. The first kappa shape index (κ1) is 16.4. The lowest BCUT2D eigenvalue weighted by atomic mass is 9.90. The molecule has 73 heavy (non-hydrogen) atoms. The Morgan fingerprint density at radius 3 is 1.07 bits per heavy atom. The van der Waals surface area contributed by atoms with Crippen LogP contribution in [0.4, 0.5) is 0 Å². The fourth-order valence-corrected chi connectivity index (χ4v) is 4.66. The number of rotatable bonds is 0. The summed E-state index contributed by atoms with van der Waals surface area (Å²) in [7, 11) is 0.